The molecule has 0 saturated heterocycles. The van der Waals surface area contributed by atoms with Gasteiger partial charge < -0.3 is 5.32 Å². The van der Waals surface area contributed by atoms with Crippen LogP contribution in [0.2, 0.25) is 5.02 Å². The number of pyridine rings is 1. The summed E-state index contributed by atoms with van der Waals surface area (Å²) in [5.41, 5.74) is 5.72. The Labute approximate surface area is 156 Å². The van der Waals surface area contributed by atoms with E-state index in [1.165, 1.54) is 0 Å². The van der Waals surface area contributed by atoms with E-state index in [9.17, 15) is 4.79 Å². The number of benzene rings is 2. The molecule has 0 spiro atoms. The third-order valence-corrected chi connectivity index (χ3v) is 3.97. The van der Waals surface area contributed by atoms with Crippen LogP contribution in [0.15, 0.2) is 73.1 Å². The van der Waals surface area contributed by atoms with Crippen molar-refractivity contribution in [3.8, 4) is 0 Å². The number of carbonyl (C=O) groups excluding carboxylic acids is 1. The van der Waals surface area contributed by atoms with E-state index in [0.29, 0.717) is 17.1 Å². The van der Waals surface area contributed by atoms with Crippen LogP contribution in [-0.2, 0) is 18.0 Å². The average molecular weight is 368 g/mol. The zero-order valence-corrected chi connectivity index (χ0v) is 14.7. The molecular weight excluding hydrogens is 350 g/mol. The second-order valence-corrected chi connectivity index (χ2v) is 6.04. The number of hydrogen-bond donors (Lipinski definition) is 2. The second-order valence-electron chi connectivity index (χ2n) is 5.60. The van der Waals surface area contributed by atoms with E-state index < -0.39 is 0 Å². The number of nitrogens with one attached hydrogen (secondary N) is 2. The third-order valence-electron chi connectivity index (χ3n) is 3.72. The fourth-order valence-corrected chi connectivity index (χ4v) is 2.48. The molecule has 0 saturated carbocycles. The summed E-state index contributed by atoms with van der Waals surface area (Å²) < 4.78 is 0. The van der Waals surface area contributed by atoms with Gasteiger partial charge in [-0.15, -0.1) is 0 Å². The summed E-state index contributed by atoms with van der Waals surface area (Å²) in [4.78, 5) is 21.7. The van der Waals surface area contributed by atoms with E-state index in [-0.39, 0.29) is 12.5 Å². The smallest absolute Gasteiger partial charge is 0.276 e. The first-order valence-electron chi connectivity index (χ1n) is 8.11. The number of halogens is 1. The fourth-order valence-electron chi connectivity index (χ4n) is 2.35. The molecule has 1 heterocycles. The van der Waals surface area contributed by atoms with Gasteiger partial charge in [0.05, 0.1) is 12.2 Å². The summed E-state index contributed by atoms with van der Waals surface area (Å²) >= 11 is 5.85. The number of hydroxylamine groups is 1. The van der Waals surface area contributed by atoms with Crippen LogP contribution in [0.5, 0.6) is 0 Å². The molecular formula is C20H18ClN3O2. The Morgan fingerprint density at radius 1 is 0.962 bits per heavy atom. The van der Waals surface area contributed by atoms with E-state index >= 15 is 0 Å². The van der Waals surface area contributed by atoms with Crippen molar-refractivity contribution in [3.05, 3.63) is 94.8 Å². The van der Waals surface area contributed by atoms with Gasteiger partial charge in [0.15, 0.2) is 0 Å². The molecule has 132 valence electrons. The van der Waals surface area contributed by atoms with Crippen LogP contribution in [0.25, 0.3) is 0 Å². The lowest BCUT2D eigenvalue weighted by Gasteiger charge is -2.12. The molecule has 0 fully saturated rings. The maximum atomic E-state index is 12.4. The zero-order valence-electron chi connectivity index (χ0n) is 14.0. The minimum absolute atomic E-state index is 0.259. The van der Waals surface area contributed by atoms with Gasteiger partial charge in [0, 0.05) is 29.6 Å². The molecule has 3 aromatic rings. The molecule has 1 aromatic heterocycles. The first kappa shape index (κ1) is 17.9. The molecule has 6 heteroatoms. The first-order chi connectivity index (χ1) is 12.7. The van der Waals surface area contributed by atoms with E-state index in [1.54, 1.807) is 30.6 Å². The van der Waals surface area contributed by atoms with Gasteiger partial charge in [0.2, 0.25) is 0 Å². The third kappa shape index (κ3) is 5.05. The summed E-state index contributed by atoms with van der Waals surface area (Å²) in [6.07, 6.45) is 3.47. The molecule has 5 nitrogen and oxygen atoms in total. The lowest BCUT2D eigenvalue weighted by molar-refractivity contribution is 0.0234. The second kappa shape index (κ2) is 8.99. The lowest BCUT2D eigenvalue weighted by atomic mass is 10.1. The van der Waals surface area contributed by atoms with Crippen LogP contribution >= 0.6 is 11.6 Å². The van der Waals surface area contributed by atoms with Gasteiger partial charge in [-0.1, -0.05) is 35.9 Å². The highest BCUT2D eigenvalue weighted by Crippen LogP contribution is 2.16. The highest BCUT2D eigenvalue weighted by atomic mass is 35.5. The number of anilines is 1. The van der Waals surface area contributed by atoms with E-state index in [1.807, 2.05) is 42.5 Å². The summed E-state index contributed by atoms with van der Waals surface area (Å²) in [7, 11) is 0. The number of para-hydroxylation sites is 1. The number of nitrogens with zero attached hydrogens (tertiary/aromatic N) is 1. The molecule has 0 unspecified atom stereocenters. The highest BCUT2D eigenvalue weighted by molar-refractivity contribution is 6.30. The van der Waals surface area contributed by atoms with Crippen molar-refractivity contribution in [3.63, 3.8) is 0 Å². The van der Waals surface area contributed by atoms with Crippen molar-refractivity contribution in [2.75, 3.05) is 5.32 Å². The molecule has 0 bridgehead atoms. The topological polar surface area (TPSA) is 63.2 Å². The van der Waals surface area contributed by atoms with Gasteiger partial charge in [0.1, 0.15) is 0 Å². The number of hydrogen-bond acceptors (Lipinski definition) is 4. The standard InChI is InChI=1S/C20H18ClN3O2/c21-17-7-5-16(6-8-17)14-26-24-20(25)18-3-1-2-4-19(18)23-13-15-9-11-22-12-10-15/h1-12,23H,13-14H2,(H,24,25). The molecule has 0 aliphatic heterocycles. The number of carbonyl (C=O) groups is 1. The molecule has 2 aromatic carbocycles. The Morgan fingerprint density at radius 2 is 1.69 bits per heavy atom. The van der Waals surface area contributed by atoms with Crippen LogP contribution in [0, 0.1) is 0 Å². The summed E-state index contributed by atoms with van der Waals surface area (Å²) in [5, 5.41) is 3.93. The summed E-state index contributed by atoms with van der Waals surface area (Å²) in [6, 6.07) is 18.4. The van der Waals surface area contributed by atoms with Crippen molar-refractivity contribution in [2.24, 2.45) is 0 Å². The minimum atomic E-state index is -0.309. The molecule has 1 amide bonds. The quantitative estimate of drug-likeness (QED) is 0.614. The monoisotopic (exact) mass is 367 g/mol. The van der Waals surface area contributed by atoms with Crippen LogP contribution in [0.1, 0.15) is 21.5 Å². The SMILES string of the molecule is O=C(NOCc1ccc(Cl)cc1)c1ccccc1NCc1ccncc1. The van der Waals surface area contributed by atoms with Gasteiger partial charge in [-0.05, 0) is 47.5 Å². The molecule has 0 aliphatic rings. The zero-order chi connectivity index (χ0) is 18.2. The fraction of sp³-hybridized carbons (Fsp3) is 0.100. The molecule has 26 heavy (non-hydrogen) atoms. The largest absolute Gasteiger partial charge is 0.380 e. The highest BCUT2D eigenvalue weighted by Gasteiger charge is 2.11. The molecule has 3 rings (SSSR count). The van der Waals surface area contributed by atoms with Crippen LogP contribution in [0.4, 0.5) is 5.69 Å². The molecule has 2 N–H and O–H groups in total. The predicted molar refractivity (Wildman–Crippen MR) is 102 cm³/mol. The van der Waals surface area contributed by atoms with Crippen LogP contribution in [-0.4, -0.2) is 10.9 Å². The van der Waals surface area contributed by atoms with Gasteiger partial charge in [-0.2, -0.15) is 0 Å². The number of rotatable bonds is 7. The normalized spacial score (nSPS) is 10.3. The van der Waals surface area contributed by atoms with Crippen molar-refractivity contribution >= 4 is 23.2 Å². The Morgan fingerprint density at radius 3 is 2.46 bits per heavy atom. The molecule has 0 radical (unpaired) electrons. The minimum Gasteiger partial charge on any atom is -0.380 e. The van der Waals surface area contributed by atoms with Crippen molar-refractivity contribution < 1.29 is 9.63 Å². The van der Waals surface area contributed by atoms with Crippen LogP contribution < -0.4 is 10.8 Å². The van der Waals surface area contributed by atoms with Crippen LogP contribution in [0.3, 0.4) is 0 Å². The van der Waals surface area contributed by atoms with E-state index in [4.69, 9.17) is 16.4 Å². The Bertz CT molecular complexity index is 854. The Kier molecular flexibility index (Phi) is 6.19. The van der Waals surface area contributed by atoms with Crippen molar-refractivity contribution in [2.45, 2.75) is 13.2 Å². The van der Waals surface area contributed by atoms with E-state index in [0.717, 1.165) is 16.8 Å². The summed E-state index contributed by atoms with van der Waals surface area (Å²) in [6.45, 7) is 0.855. The van der Waals surface area contributed by atoms with Gasteiger partial charge >= 0.3 is 0 Å². The van der Waals surface area contributed by atoms with Crippen molar-refractivity contribution in [1.82, 2.24) is 10.5 Å². The molecule has 0 aliphatic carbocycles. The number of amides is 1. The van der Waals surface area contributed by atoms with Gasteiger partial charge in [-0.3, -0.25) is 14.6 Å². The maximum absolute atomic E-state index is 12.4. The Balaban J connectivity index is 1.57. The molecule has 0 atom stereocenters. The number of aromatic nitrogens is 1. The lowest BCUT2D eigenvalue weighted by Crippen LogP contribution is -2.24. The maximum Gasteiger partial charge on any atom is 0.276 e. The average Bonchev–Trinajstić information content (AvgIpc) is 2.69. The van der Waals surface area contributed by atoms with Crippen molar-refractivity contribution in [1.29, 1.82) is 0 Å². The first-order valence-corrected chi connectivity index (χ1v) is 8.48. The van der Waals surface area contributed by atoms with Gasteiger partial charge in [-0.25, -0.2) is 5.48 Å². The predicted octanol–water partition coefficient (Wildman–Crippen LogP) is 4.21. The van der Waals surface area contributed by atoms with Gasteiger partial charge in [0.25, 0.3) is 5.91 Å². The van der Waals surface area contributed by atoms with E-state index in [2.05, 4.69) is 15.8 Å². The Hall–Kier alpha value is -2.89. The summed E-state index contributed by atoms with van der Waals surface area (Å²) in [5.74, 6) is -0.309.